The first-order valence-electron chi connectivity index (χ1n) is 6.16. The van der Waals surface area contributed by atoms with Gasteiger partial charge in [-0.1, -0.05) is 24.8 Å². The van der Waals surface area contributed by atoms with Gasteiger partial charge in [-0.15, -0.1) is 0 Å². The van der Waals surface area contributed by atoms with Gasteiger partial charge in [0.05, 0.1) is 0 Å². The van der Waals surface area contributed by atoms with Gasteiger partial charge in [0.1, 0.15) is 29.1 Å². The van der Waals surface area contributed by atoms with Gasteiger partial charge in [0, 0.05) is 17.2 Å². The highest BCUT2D eigenvalue weighted by atomic mass is 16.5. The average molecular weight is 267 g/mol. The van der Waals surface area contributed by atoms with E-state index in [0.29, 0.717) is 17.9 Å². The molecular weight excluding hydrogens is 254 g/mol. The molecule has 5 heteroatoms. The number of hydrogen-bond acceptors (Lipinski definition) is 4. The van der Waals surface area contributed by atoms with Crippen molar-refractivity contribution >= 4 is 11.0 Å². The van der Waals surface area contributed by atoms with E-state index in [1.807, 2.05) is 18.2 Å². The second-order valence-electron chi connectivity index (χ2n) is 4.28. The van der Waals surface area contributed by atoms with Gasteiger partial charge in [-0.05, 0) is 18.2 Å². The number of fused-ring (bicyclic) bond motifs is 1. The van der Waals surface area contributed by atoms with Crippen LogP contribution in [0.2, 0.25) is 0 Å². The molecule has 0 spiro atoms. The number of para-hydroxylation sites is 1. The Morgan fingerprint density at radius 2 is 2.10 bits per heavy atom. The average Bonchev–Trinajstić information content (AvgIpc) is 2.94. The molecule has 0 saturated heterocycles. The van der Waals surface area contributed by atoms with Crippen LogP contribution in [-0.2, 0) is 0 Å². The lowest BCUT2D eigenvalue weighted by Crippen LogP contribution is -1.92. The van der Waals surface area contributed by atoms with Crippen LogP contribution in [0.15, 0.2) is 49.1 Å². The molecule has 0 aliphatic carbocycles. The van der Waals surface area contributed by atoms with Crippen LogP contribution in [0, 0.1) is 0 Å². The zero-order chi connectivity index (χ0) is 13.9. The maximum absolute atomic E-state index is 10.2. The third-order valence-corrected chi connectivity index (χ3v) is 2.97. The van der Waals surface area contributed by atoms with Crippen LogP contribution < -0.4 is 4.74 Å². The molecular formula is C15H13N3O2. The molecule has 20 heavy (non-hydrogen) atoms. The molecule has 1 heterocycles. The number of rotatable bonds is 4. The van der Waals surface area contributed by atoms with E-state index >= 15 is 0 Å². The van der Waals surface area contributed by atoms with E-state index in [4.69, 9.17) is 4.74 Å². The van der Waals surface area contributed by atoms with Crippen molar-refractivity contribution in [2.75, 3.05) is 6.61 Å². The summed E-state index contributed by atoms with van der Waals surface area (Å²) in [6.45, 7) is 3.99. The number of ether oxygens (including phenoxy) is 1. The van der Waals surface area contributed by atoms with E-state index in [1.165, 1.54) is 0 Å². The van der Waals surface area contributed by atoms with Crippen molar-refractivity contribution in [1.29, 1.82) is 0 Å². The highest BCUT2D eigenvalue weighted by Gasteiger charge is 2.11. The molecule has 3 aromatic rings. The molecule has 1 aromatic heterocycles. The van der Waals surface area contributed by atoms with Crippen molar-refractivity contribution in [3.8, 4) is 22.6 Å². The summed E-state index contributed by atoms with van der Waals surface area (Å²) < 4.78 is 5.39. The molecule has 2 aromatic carbocycles. The number of aromatic amines is 1. The molecule has 0 aliphatic rings. The van der Waals surface area contributed by atoms with E-state index in [-0.39, 0.29) is 5.75 Å². The van der Waals surface area contributed by atoms with Crippen molar-refractivity contribution in [3.63, 3.8) is 0 Å². The number of H-pyrrole nitrogens is 1. The Kier molecular flexibility index (Phi) is 3.09. The molecule has 0 atom stereocenters. The molecule has 0 amide bonds. The second-order valence-corrected chi connectivity index (χ2v) is 4.28. The van der Waals surface area contributed by atoms with Crippen molar-refractivity contribution in [3.05, 3.63) is 49.1 Å². The van der Waals surface area contributed by atoms with Crippen molar-refractivity contribution in [2.45, 2.75) is 0 Å². The number of benzene rings is 2. The molecule has 0 saturated carbocycles. The molecule has 0 radical (unpaired) electrons. The lowest BCUT2D eigenvalue weighted by atomic mass is 10.0. The van der Waals surface area contributed by atoms with Crippen LogP contribution in [0.5, 0.6) is 11.5 Å². The SMILES string of the molecule is C=CCOc1ccc(-c2cccc3n[nH]nc23)c(O)c1. The topological polar surface area (TPSA) is 71.0 Å². The molecule has 0 fully saturated rings. The van der Waals surface area contributed by atoms with Crippen molar-refractivity contribution in [1.82, 2.24) is 15.4 Å². The van der Waals surface area contributed by atoms with E-state index in [0.717, 1.165) is 16.6 Å². The van der Waals surface area contributed by atoms with E-state index in [9.17, 15) is 5.11 Å². The van der Waals surface area contributed by atoms with Gasteiger partial charge in [0.2, 0.25) is 0 Å². The summed E-state index contributed by atoms with van der Waals surface area (Å²) >= 11 is 0. The lowest BCUT2D eigenvalue weighted by molar-refractivity contribution is 0.360. The van der Waals surface area contributed by atoms with E-state index in [1.54, 1.807) is 24.3 Å². The third-order valence-electron chi connectivity index (χ3n) is 2.97. The van der Waals surface area contributed by atoms with Gasteiger partial charge in [-0.2, -0.15) is 15.4 Å². The number of aromatic hydroxyl groups is 1. The molecule has 5 nitrogen and oxygen atoms in total. The maximum atomic E-state index is 10.2. The summed E-state index contributed by atoms with van der Waals surface area (Å²) in [5.74, 6) is 0.737. The quantitative estimate of drug-likeness (QED) is 0.713. The lowest BCUT2D eigenvalue weighted by Gasteiger charge is -2.08. The van der Waals surface area contributed by atoms with E-state index < -0.39 is 0 Å². The second kappa shape index (κ2) is 5.05. The number of hydrogen-bond donors (Lipinski definition) is 2. The number of phenolic OH excluding ortho intramolecular Hbond substituents is 1. The van der Waals surface area contributed by atoms with Crippen LogP contribution in [0.25, 0.3) is 22.2 Å². The van der Waals surface area contributed by atoms with Crippen LogP contribution in [-0.4, -0.2) is 27.1 Å². The first kappa shape index (κ1) is 12.2. The monoisotopic (exact) mass is 267 g/mol. The zero-order valence-corrected chi connectivity index (χ0v) is 10.7. The zero-order valence-electron chi connectivity index (χ0n) is 10.7. The molecule has 100 valence electrons. The summed E-state index contributed by atoms with van der Waals surface area (Å²) in [5, 5.41) is 20.9. The molecule has 3 rings (SSSR count). The largest absolute Gasteiger partial charge is 0.507 e. The fourth-order valence-electron chi connectivity index (χ4n) is 2.07. The molecule has 0 unspecified atom stereocenters. The smallest absolute Gasteiger partial charge is 0.127 e. The van der Waals surface area contributed by atoms with Gasteiger partial charge in [0.15, 0.2) is 0 Å². The standard InChI is InChI=1S/C15H13N3O2/c1-2-8-20-10-6-7-11(14(19)9-10)12-4-3-5-13-15(12)17-18-16-13/h2-7,9,19H,1,8H2,(H,16,17,18). The van der Waals surface area contributed by atoms with Crippen LogP contribution >= 0.6 is 0 Å². The predicted octanol–water partition coefficient (Wildman–Crippen LogP) is 2.90. The Bertz CT molecular complexity index is 765. The van der Waals surface area contributed by atoms with Crippen LogP contribution in [0.4, 0.5) is 0 Å². The normalized spacial score (nSPS) is 10.6. The Labute approximate surface area is 115 Å². The van der Waals surface area contributed by atoms with Crippen LogP contribution in [0.3, 0.4) is 0 Å². The molecule has 2 N–H and O–H groups in total. The van der Waals surface area contributed by atoms with Gasteiger partial charge < -0.3 is 9.84 Å². The Morgan fingerprint density at radius 1 is 1.20 bits per heavy atom. The number of aromatic nitrogens is 3. The minimum atomic E-state index is 0.141. The Morgan fingerprint density at radius 3 is 2.90 bits per heavy atom. The highest BCUT2D eigenvalue weighted by molar-refractivity contribution is 5.93. The molecule has 0 aliphatic heterocycles. The first-order chi connectivity index (χ1) is 9.79. The number of phenols is 1. The first-order valence-corrected chi connectivity index (χ1v) is 6.16. The maximum Gasteiger partial charge on any atom is 0.127 e. The van der Waals surface area contributed by atoms with Gasteiger partial charge in [0.25, 0.3) is 0 Å². The van der Waals surface area contributed by atoms with Crippen molar-refractivity contribution in [2.24, 2.45) is 0 Å². The predicted molar refractivity (Wildman–Crippen MR) is 76.7 cm³/mol. The van der Waals surface area contributed by atoms with Gasteiger partial charge in [-0.25, -0.2) is 0 Å². The van der Waals surface area contributed by atoms with E-state index in [2.05, 4.69) is 22.0 Å². The number of nitrogens with one attached hydrogen (secondary N) is 1. The summed E-state index contributed by atoms with van der Waals surface area (Å²) in [7, 11) is 0. The minimum Gasteiger partial charge on any atom is -0.507 e. The van der Waals surface area contributed by atoms with Gasteiger partial charge >= 0.3 is 0 Å². The summed E-state index contributed by atoms with van der Waals surface area (Å²) in [6.07, 6.45) is 1.65. The molecule has 0 bridgehead atoms. The summed E-state index contributed by atoms with van der Waals surface area (Å²) in [4.78, 5) is 0. The minimum absolute atomic E-state index is 0.141. The summed E-state index contributed by atoms with van der Waals surface area (Å²) in [6, 6.07) is 10.8. The van der Waals surface area contributed by atoms with Crippen molar-refractivity contribution < 1.29 is 9.84 Å². The number of nitrogens with zero attached hydrogens (tertiary/aromatic N) is 2. The fourth-order valence-corrected chi connectivity index (χ4v) is 2.07. The Balaban J connectivity index is 2.06. The Hall–Kier alpha value is -2.82. The highest BCUT2D eigenvalue weighted by Crippen LogP contribution is 2.35. The van der Waals surface area contributed by atoms with Crippen LogP contribution in [0.1, 0.15) is 0 Å². The summed E-state index contributed by atoms with van der Waals surface area (Å²) in [5.41, 5.74) is 3.00. The van der Waals surface area contributed by atoms with Gasteiger partial charge in [-0.3, -0.25) is 0 Å². The fraction of sp³-hybridized carbons (Fsp3) is 0.0667. The third kappa shape index (κ3) is 2.09.